The summed E-state index contributed by atoms with van der Waals surface area (Å²) in [7, 11) is 0. The molecule has 0 aromatic carbocycles. The molecule has 0 fully saturated rings. The first kappa shape index (κ1) is 5.96. The molecule has 1 aliphatic carbocycles. The Morgan fingerprint density at radius 3 is 2.80 bits per heavy atom. The molecule has 0 N–H and O–H groups in total. The fourth-order valence-electron chi connectivity index (χ4n) is 1.14. The van der Waals surface area contributed by atoms with Crippen LogP contribution in [0.2, 0.25) is 0 Å². The predicted octanol–water partition coefficient (Wildman–Crippen LogP) is 3.23. The molecule has 0 saturated carbocycles. The highest BCUT2D eigenvalue weighted by Gasteiger charge is 2.03. The van der Waals surface area contributed by atoms with E-state index < -0.39 is 0 Å². The summed E-state index contributed by atoms with van der Waals surface area (Å²) in [5.74, 6) is 0. The smallest absolute Gasteiger partial charge is 0.0628 e. The van der Waals surface area contributed by atoms with Crippen molar-refractivity contribution in [3.05, 3.63) is 35.4 Å². The van der Waals surface area contributed by atoms with E-state index in [1.807, 2.05) is 32.1 Å². The van der Waals surface area contributed by atoms with Crippen molar-refractivity contribution in [2.45, 2.75) is 26.7 Å². The lowest BCUT2D eigenvalue weighted by atomic mass is 10.2. The van der Waals surface area contributed by atoms with Gasteiger partial charge in [0, 0.05) is 0 Å². The highest BCUT2D eigenvalue weighted by molar-refractivity contribution is 5.35. The van der Waals surface area contributed by atoms with Crippen LogP contribution in [0.1, 0.15) is 28.1 Å². The topological polar surface area (TPSA) is 0 Å². The van der Waals surface area contributed by atoms with Gasteiger partial charge in [-0.2, -0.15) is 0 Å². The third kappa shape index (κ3) is 1.60. The number of hydrogen-bond donors (Lipinski definition) is 0. The maximum atomic E-state index is 7.71. The first-order chi connectivity index (χ1) is 5.29. The standard InChI is InChI=1S/C10H14/c1-3-5-10-7-6-9(4-2)8-10/h3-5,8H,6-7H2,1-2H3/i8D. The summed E-state index contributed by atoms with van der Waals surface area (Å²) in [4.78, 5) is 0. The minimum atomic E-state index is 0.741. The number of rotatable bonds is 1. The van der Waals surface area contributed by atoms with Crippen LogP contribution >= 0.6 is 0 Å². The van der Waals surface area contributed by atoms with Crippen LogP contribution in [0.4, 0.5) is 0 Å². The van der Waals surface area contributed by atoms with Gasteiger partial charge < -0.3 is 0 Å². The van der Waals surface area contributed by atoms with Crippen LogP contribution in [-0.2, 0) is 0 Å². The van der Waals surface area contributed by atoms with E-state index in [-0.39, 0.29) is 0 Å². The largest absolute Gasteiger partial charge is 0.0874 e. The summed E-state index contributed by atoms with van der Waals surface area (Å²) in [5.41, 5.74) is 2.37. The molecule has 0 spiro atoms. The van der Waals surface area contributed by atoms with E-state index in [4.69, 9.17) is 1.37 Å². The van der Waals surface area contributed by atoms with Gasteiger partial charge in [0.15, 0.2) is 0 Å². The van der Waals surface area contributed by atoms with E-state index in [0.717, 1.165) is 18.9 Å². The fraction of sp³-hybridized carbons (Fsp3) is 0.400. The first-order valence-electron chi connectivity index (χ1n) is 4.27. The van der Waals surface area contributed by atoms with Gasteiger partial charge in [0.1, 0.15) is 0 Å². The molecule has 0 saturated heterocycles. The van der Waals surface area contributed by atoms with Gasteiger partial charge in [-0.15, -0.1) is 0 Å². The number of hydrogen-bond acceptors (Lipinski definition) is 0. The van der Waals surface area contributed by atoms with Crippen LogP contribution in [0.5, 0.6) is 0 Å². The Kier molecular flexibility index (Phi) is 2.03. The second kappa shape index (κ2) is 3.40. The normalized spacial score (nSPS) is 25.0. The maximum absolute atomic E-state index is 7.71. The molecule has 0 nitrogen and oxygen atoms in total. The van der Waals surface area contributed by atoms with Crippen LogP contribution < -0.4 is 0 Å². The van der Waals surface area contributed by atoms with Crippen LogP contribution in [0, 0.1) is 0 Å². The summed E-state index contributed by atoms with van der Waals surface area (Å²) in [6.07, 6.45) is 8.18. The molecule has 0 aromatic heterocycles. The maximum Gasteiger partial charge on any atom is 0.0628 e. The Hall–Kier alpha value is -0.780. The van der Waals surface area contributed by atoms with Gasteiger partial charge in [0.05, 0.1) is 1.37 Å². The molecule has 0 unspecified atom stereocenters. The fourth-order valence-corrected chi connectivity index (χ4v) is 1.14. The average Bonchev–Trinajstić information content (AvgIpc) is 2.34. The van der Waals surface area contributed by atoms with Crippen LogP contribution in [0.3, 0.4) is 0 Å². The van der Waals surface area contributed by atoms with Gasteiger partial charge in [-0.1, -0.05) is 29.9 Å². The zero-order chi connectivity index (χ0) is 8.27. The molecular formula is C10H14. The van der Waals surface area contributed by atoms with Gasteiger partial charge in [0.2, 0.25) is 0 Å². The first-order valence-corrected chi connectivity index (χ1v) is 3.77. The molecule has 0 atom stereocenters. The van der Waals surface area contributed by atoms with E-state index in [2.05, 4.69) is 0 Å². The van der Waals surface area contributed by atoms with E-state index in [1.54, 1.807) is 0 Å². The van der Waals surface area contributed by atoms with Gasteiger partial charge in [0.25, 0.3) is 0 Å². The number of allylic oxidation sites excluding steroid dienone is 6. The second-order valence-corrected chi connectivity index (χ2v) is 2.46. The minimum Gasteiger partial charge on any atom is -0.0874 e. The van der Waals surface area contributed by atoms with Gasteiger partial charge >= 0.3 is 0 Å². The van der Waals surface area contributed by atoms with E-state index in [0.29, 0.717) is 0 Å². The van der Waals surface area contributed by atoms with Crippen molar-refractivity contribution in [2.75, 3.05) is 0 Å². The van der Waals surface area contributed by atoms with Crippen LogP contribution in [0.15, 0.2) is 35.4 Å². The molecule has 0 radical (unpaired) electrons. The summed E-state index contributed by atoms with van der Waals surface area (Å²) < 4.78 is 7.71. The molecule has 0 aromatic rings. The Labute approximate surface area is 64.4 Å². The van der Waals surface area contributed by atoms with Crippen molar-refractivity contribution in [1.29, 1.82) is 0 Å². The molecule has 0 heterocycles. The summed E-state index contributed by atoms with van der Waals surface area (Å²) in [6.45, 7) is 4.00. The third-order valence-corrected chi connectivity index (χ3v) is 1.70. The van der Waals surface area contributed by atoms with Crippen molar-refractivity contribution in [2.24, 2.45) is 0 Å². The van der Waals surface area contributed by atoms with Crippen molar-refractivity contribution >= 4 is 0 Å². The molecule has 0 aliphatic heterocycles. The second-order valence-electron chi connectivity index (χ2n) is 2.46. The van der Waals surface area contributed by atoms with Gasteiger partial charge in [-0.25, -0.2) is 0 Å². The molecular weight excluding hydrogens is 120 g/mol. The predicted molar refractivity (Wildman–Crippen MR) is 45.9 cm³/mol. The highest BCUT2D eigenvalue weighted by atomic mass is 14.1. The van der Waals surface area contributed by atoms with Crippen molar-refractivity contribution < 1.29 is 1.37 Å². The molecule has 1 aliphatic rings. The minimum absolute atomic E-state index is 0.741. The molecule has 0 heteroatoms. The molecule has 10 heavy (non-hydrogen) atoms. The zero-order valence-electron chi connectivity index (χ0n) is 7.65. The Balaban J connectivity index is 2.89. The third-order valence-electron chi connectivity index (χ3n) is 1.70. The molecule has 0 bridgehead atoms. The molecule has 0 amide bonds. The Morgan fingerprint density at radius 1 is 1.50 bits per heavy atom. The summed E-state index contributed by atoms with van der Waals surface area (Å²) in [5, 5.41) is 0. The van der Waals surface area contributed by atoms with E-state index in [9.17, 15) is 0 Å². The van der Waals surface area contributed by atoms with E-state index >= 15 is 0 Å². The van der Waals surface area contributed by atoms with Crippen LogP contribution in [0.25, 0.3) is 0 Å². The van der Waals surface area contributed by atoms with E-state index in [1.165, 1.54) is 11.1 Å². The van der Waals surface area contributed by atoms with Gasteiger partial charge in [-0.05, 0) is 32.3 Å². The van der Waals surface area contributed by atoms with Crippen molar-refractivity contribution in [3.63, 3.8) is 0 Å². The lowest BCUT2D eigenvalue weighted by Gasteiger charge is -1.85. The van der Waals surface area contributed by atoms with Crippen LogP contribution in [-0.4, -0.2) is 0 Å². The summed E-state index contributed by atoms with van der Waals surface area (Å²) in [6, 6.07) is 0.741. The van der Waals surface area contributed by atoms with Crippen molar-refractivity contribution in [1.82, 2.24) is 0 Å². The zero-order valence-corrected chi connectivity index (χ0v) is 6.65. The molecule has 1 rings (SSSR count). The SMILES string of the molecule is [2H]C1=C(C=CC)CCC1=CC. The lowest BCUT2D eigenvalue weighted by Crippen LogP contribution is -1.66. The quantitative estimate of drug-likeness (QED) is 0.518. The average molecular weight is 135 g/mol. The highest BCUT2D eigenvalue weighted by Crippen LogP contribution is 2.23. The Morgan fingerprint density at radius 2 is 2.30 bits per heavy atom. The summed E-state index contributed by atoms with van der Waals surface area (Å²) >= 11 is 0. The van der Waals surface area contributed by atoms with Gasteiger partial charge in [-0.3, -0.25) is 0 Å². The lowest BCUT2D eigenvalue weighted by molar-refractivity contribution is 1.03. The molecule has 54 valence electrons. The van der Waals surface area contributed by atoms with Crippen molar-refractivity contribution in [3.8, 4) is 0 Å². The monoisotopic (exact) mass is 135 g/mol. The Bertz CT molecular complexity index is 231.